The van der Waals surface area contributed by atoms with E-state index in [9.17, 15) is 0 Å². The minimum absolute atomic E-state index is 1.37. The van der Waals surface area contributed by atoms with Gasteiger partial charge in [-0.1, -0.05) is 36.4 Å². The molecule has 0 unspecified atom stereocenters. The number of hydrogen-bond donors (Lipinski definition) is 0. The molecule has 0 atom stereocenters. The molecule has 0 bridgehead atoms. The summed E-state index contributed by atoms with van der Waals surface area (Å²) in [7, 11) is 0. The van der Waals surface area contributed by atoms with E-state index in [0.717, 1.165) is 0 Å². The lowest BCUT2D eigenvalue weighted by atomic mass is 9.83. The van der Waals surface area contributed by atoms with E-state index >= 15 is 0 Å². The van der Waals surface area contributed by atoms with Gasteiger partial charge in [0.1, 0.15) is 0 Å². The maximum absolute atomic E-state index is 2.31. The number of hydrogen-bond acceptors (Lipinski definition) is 0. The van der Waals surface area contributed by atoms with E-state index in [2.05, 4.69) is 77.9 Å². The first-order chi connectivity index (χ1) is 11.4. The molecule has 0 aromatic heterocycles. The highest BCUT2D eigenvalue weighted by molar-refractivity contribution is 6.28. The lowest BCUT2D eigenvalue weighted by Gasteiger charge is -2.20. The quantitative estimate of drug-likeness (QED) is 0.307. The van der Waals surface area contributed by atoms with Crippen molar-refractivity contribution < 1.29 is 0 Å². The average molecular weight is 312 g/mol. The van der Waals surface area contributed by atoms with Gasteiger partial charge < -0.3 is 0 Å². The zero-order valence-electron chi connectivity index (χ0n) is 15.5. The smallest absolute Gasteiger partial charge is 0.00614 e. The predicted octanol–water partition coefficient (Wildman–Crippen LogP) is 7.00. The summed E-state index contributed by atoms with van der Waals surface area (Å²) < 4.78 is 0. The standard InChI is InChI=1S/C24H24/c1-13-11-12-21-19-9-7-8-10-20(19)23-17(5)15(3)16(4)18(6)24(23)22(21)14(13)2/h7-12H,1-6H3. The van der Waals surface area contributed by atoms with E-state index in [1.165, 1.54) is 65.7 Å². The first-order valence-corrected chi connectivity index (χ1v) is 8.74. The summed E-state index contributed by atoms with van der Waals surface area (Å²) in [4.78, 5) is 0. The van der Waals surface area contributed by atoms with Crippen molar-refractivity contribution in [2.24, 2.45) is 0 Å². The van der Waals surface area contributed by atoms with Crippen molar-refractivity contribution in [3.05, 3.63) is 69.8 Å². The molecule has 0 N–H and O–H groups in total. The van der Waals surface area contributed by atoms with Crippen LogP contribution in [0.3, 0.4) is 0 Å². The molecule has 0 saturated carbocycles. The van der Waals surface area contributed by atoms with Crippen LogP contribution in [0.25, 0.3) is 32.3 Å². The van der Waals surface area contributed by atoms with Crippen molar-refractivity contribution in [3.63, 3.8) is 0 Å². The summed E-state index contributed by atoms with van der Waals surface area (Å²) >= 11 is 0. The largest absolute Gasteiger partial charge is 0.0616 e. The fraction of sp³-hybridized carbons (Fsp3) is 0.250. The Morgan fingerprint density at radius 1 is 0.417 bits per heavy atom. The van der Waals surface area contributed by atoms with Crippen molar-refractivity contribution in [2.45, 2.75) is 41.5 Å². The van der Waals surface area contributed by atoms with E-state index in [-0.39, 0.29) is 0 Å². The van der Waals surface area contributed by atoms with Crippen LogP contribution in [-0.4, -0.2) is 0 Å². The Hall–Kier alpha value is -2.34. The number of fused-ring (bicyclic) bond motifs is 6. The molecule has 0 aliphatic heterocycles. The molecule has 0 fully saturated rings. The average Bonchev–Trinajstić information content (AvgIpc) is 2.59. The maximum Gasteiger partial charge on any atom is -0.00614 e. The molecular weight excluding hydrogens is 288 g/mol. The summed E-state index contributed by atoms with van der Waals surface area (Å²) in [6.07, 6.45) is 0. The van der Waals surface area contributed by atoms with Gasteiger partial charge in [0.05, 0.1) is 0 Å². The van der Waals surface area contributed by atoms with E-state index in [1.807, 2.05) is 0 Å². The van der Waals surface area contributed by atoms with Crippen molar-refractivity contribution in [1.82, 2.24) is 0 Å². The van der Waals surface area contributed by atoms with Crippen LogP contribution < -0.4 is 0 Å². The Labute approximate surface area is 144 Å². The van der Waals surface area contributed by atoms with Crippen LogP contribution in [0.1, 0.15) is 33.4 Å². The summed E-state index contributed by atoms with van der Waals surface area (Å²) in [6.45, 7) is 13.6. The van der Waals surface area contributed by atoms with Crippen LogP contribution in [0.15, 0.2) is 36.4 Å². The lowest BCUT2D eigenvalue weighted by molar-refractivity contribution is 1.25. The molecule has 120 valence electrons. The minimum atomic E-state index is 1.37. The Bertz CT molecular complexity index is 1120. The monoisotopic (exact) mass is 312 g/mol. The van der Waals surface area contributed by atoms with E-state index < -0.39 is 0 Å². The Morgan fingerprint density at radius 3 is 1.58 bits per heavy atom. The first kappa shape index (κ1) is 15.2. The SMILES string of the molecule is Cc1ccc2c3ccccc3c3c(C)c(C)c(C)c(C)c3c2c1C. The van der Waals surface area contributed by atoms with Crippen molar-refractivity contribution in [3.8, 4) is 0 Å². The fourth-order valence-corrected chi connectivity index (χ4v) is 4.26. The third kappa shape index (κ3) is 1.80. The number of benzene rings is 4. The third-order valence-electron chi connectivity index (χ3n) is 6.16. The highest BCUT2D eigenvalue weighted by atomic mass is 14.2. The molecule has 0 aliphatic carbocycles. The van der Waals surface area contributed by atoms with Gasteiger partial charge in [0.25, 0.3) is 0 Å². The molecule has 4 aromatic carbocycles. The Kier molecular flexibility index (Phi) is 3.22. The van der Waals surface area contributed by atoms with Crippen molar-refractivity contribution >= 4 is 32.3 Å². The Morgan fingerprint density at radius 2 is 0.917 bits per heavy atom. The first-order valence-electron chi connectivity index (χ1n) is 8.74. The van der Waals surface area contributed by atoms with Crippen molar-refractivity contribution in [1.29, 1.82) is 0 Å². The molecule has 0 saturated heterocycles. The molecule has 4 rings (SSSR count). The predicted molar refractivity (Wildman–Crippen MR) is 107 cm³/mol. The maximum atomic E-state index is 2.31. The van der Waals surface area contributed by atoms with Gasteiger partial charge in [-0.15, -0.1) is 0 Å². The van der Waals surface area contributed by atoms with Gasteiger partial charge in [-0.3, -0.25) is 0 Å². The second-order valence-electron chi connectivity index (χ2n) is 7.23. The zero-order chi connectivity index (χ0) is 17.2. The summed E-state index contributed by atoms with van der Waals surface area (Å²) in [5.41, 5.74) is 8.49. The summed E-state index contributed by atoms with van der Waals surface area (Å²) in [6, 6.07) is 13.5. The highest BCUT2D eigenvalue weighted by Gasteiger charge is 2.17. The Balaban J connectivity index is 2.53. The molecule has 0 heterocycles. The van der Waals surface area contributed by atoms with Gasteiger partial charge in [-0.2, -0.15) is 0 Å². The normalized spacial score (nSPS) is 11.8. The van der Waals surface area contributed by atoms with Crippen LogP contribution in [0.5, 0.6) is 0 Å². The van der Waals surface area contributed by atoms with E-state index in [1.54, 1.807) is 0 Å². The van der Waals surface area contributed by atoms with Crippen LogP contribution >= 0.6 is 0 Å². The van der Waals surface area contributed by atoms with Crippen LogP contribution in [0, 0.1) is 41.5 Å². The van der Waals surface area contributed by atoms with Gasteiger partial charge in [-0.05, 0) is 107 Å². The molecular formula is C24H24. The molecule has 0 aliphatic rings. The number of aryl methyl sites for hydroxylation is 4. The van der Waals surface area contributed by atoms with Crippen LogP contribution in [0.4, 0.5) is 0 Å². The molecule has 0 amide bonds. The zero-order valence-corrected chi connectivity index (χ0v) is 15.5. The van der Waals surface area contributed by atoms with Crippen LogP contribution in [-0.2, 0) is 0 Å². The van der Waals surface area contributed by atoms with Gasteiger partial charge in [0.2, 0.25) is 0 Å². The fourth-order valence-electron chi connectivity index (χ4n) is 4.26. The van der Waals surface area contributed by atoms with Crippen molar-refractivity contribution in [2.75, 3.05) is 0 Å². The summed E-state index contributed by atoms with van der Waals surface area (Å²) in [5.74, 6) is 0. The van der Waals surface area contributed by atoms with E-state index in [0.29, 0.717) is 0 Å². The molecule has 0 radical (unpaired) electrons. The number of rotatable bonds is 0. The second-order valence-corrected chi connectivity index (χ2v) is 7.23. The third-order valence-corrected chi connectivity index (χ3v) is 6.16. The topological polar surface area (TPSA) is 0 Å². The molecule has 4 aromatic rings. The lowest BCUT2D eigenvalue weighted by Crippen LogP contribution is -1.97. The van der Waals surface area contributed by atoms with Gasteiger partial charge in [0, 0.05) is 0 Å². The molecule has 0 nitrogen and oxygen atoms in total. The molecule has 0 spiro atoms. The van der Waals surface area contributed by atoms with Gasteiger partial charge >= 0.3 is 0 Å². The molecule has 0 heteroatoms. The van der Waals surface area contributed by atoms with Gasteiger partial charge in [-0.25, -0.2) is 0 Å². The van der Waals surface area contributed by atoms with E-state index in [4.69, 9.17) is 0 Å². The highest BCUT2D eigenvalue weighted by Crippen LogP contribution is 2.42. The minimum Gasteiger partial charge on any atom is -0.0616 e. The second kappa shape index (κ2) is 5.08. The molecule has 24 heavy (non-hydrogen) atoms. The van der Waals surface area contributed by atoms with Gasteiger partial charge in [0.15, 0.2) is 0 Å². The van der Waals surface area contributed by atoms with Crippen LogP contribution in [0.2, 0.25) is 0 Å². The summed E-state index contributed by atoms with van der Waals surface area (Å²) in [5, 5.41) is 8.46.